The van der Waals surface area contributed by atoms with E-state index in [9.17, 15) is 4.79 Å². The molecule has 0 aromatic heterocycles. The van der Waals surface area contributed by atoms with Gasteiger partial charge < -0.3 is 9.64 Å². The van der Waals surface area contributed by atoms with E-state index in [4.69, 9.17) is 10.3 Å². The maximum Gasteiger partial charge on any atom is 0.309 e. The van der Waals surface area contributed by atoms with Crippen LogP contribution in [0.2, 0.25) is 0 Å². The van der Waals surface area contributed by atoms with E-state index in [0.29, 0.717) is 12.3 Å². The zero-order valence-electron chi connectivity index (χ0n) is 11.5. The van der Waals surface area contributed by atoms with Crippen molar-refractivity contribution in [2.45, 2.75) is 19.8 Å². The first-order valence-electron chi connectivity index (χ1n) is 6.81. The fourth-order valence-corrected chi connectivity index (χ4v) is 2.42. The number of carbonyl (C=O) groups excluding carboxylic acids is 1. The summed E-state index contributed by atoms with van der Waals surface area (Å²) in [5.41, 5.74) is 10.1. The fraction of sp³-hybridized carbons (Fsp3) is 0.500. The SMILES string of the molecule is CCOC(=O)C1CCN(c2ccc(N=[N+]=[N-])cc2)CC1. The van der Waals surface area contributed by atoms with E-state index in [1.54, 1.807) is 12.1 Å². The zero-order chi connectivity index (χ0) is 14.4. The summed E-state index contributed by atoms with van der Waals surface area (Å²) in [6, 6.07) is 7.47. The third-order valence-electron chi connectivity index (χ3n) is 3.49. The van der Waals surface area contributed by atoms with E-state index < -0.39 is 0 Å². The maximum atomic E-state index is 11.7. The van der Waals surface area contributed by atoms with Crippen molar-refractivity contribution in [3.05, 3.63) is 34.7 Å². The fourth-order valence-electron chi connectivity index (χ4n) is 2.42. The molecule has 1 heterocycles. The van der Waals surface area contributed by atoms with Crippen molar-refractivity contribution in [1.29, 1.82) is 0 Å². The van der Waals surface area contributed by atoms with Crippen molar-refractivity contribution >= 4 is 17.3 Å². The number of piperidine rings is 1. The van der Waals surface area contributed by atoms with Crippen LogP contribution >= 0.6 is 0 Å². The molecule has 1 fully saturated rings. The molecule has 6 nitrogen and oxygen atoms in total. The highest BCUT2D eigenvalue weighted by Crippen LogP contribution is 2.26. The lowest BCUT2D eigenvalue weighted by Gasteiger charge is -2.32. The van der Waals surface area contributed by atoms with Crippen molar-refractivity contribution in [3.63, 3.8) is 0 Å². The minimum Gasteiger partial charge on any atom is -0.466 e. The first-order chi connectivity index (χ1) is 9.74. The standard InChI is InChI=1S/C14H18N4O2/c1-2-20-14(19)11-7-9-18(10-8-11)13-5-3-12(4-6-13)16-17-15/h3-6,11H,2,7-10H2,1H3. The van der Waals surface area contributed by atoms with Crippen LogP contribution in [-0.4, -0.2) is 25.7 Å². The van der Waals surface area contributed by atoms with Gasteiger partial charge in [-0.2, -0.15) is 0 Å². The second-order valence-corrected chi connectivity index (χ2v) is 4.72. The van der Waals surface area contributed by atoms with Crippen molar-refractivity contribution in [1.82, 2.24) is 0 Å². The smallest absolute Gasteiger partial charge is 0.309 e. The summed E-state index contributed by atoms with van der Waals surface area (Å²) in [5.74, 6) is -0.0560. The Kier molecular flexibility index (Phi) is 4.85. The molecule has 20 heavy (non-hydrogen) atoms. The largest absolute Gasteiger partial charge is 0.466 e. The predicted octanol–water partition coefficient (Wildman–Crippen LogP) is 3.41. The highest BCUT2D eigenvalue weighted by Gasteiger charge is 2.25. The van der Waals surface area contributed by atoms with Gasteiger partial charge in [-0.3, -0.25) is 4.79 Å². The van der Waals surface area contributed by atoms with Crippen LogP contribution in [0.25, 0.3) is 10.4 Å². The van der Waals surface area contributed by atoms with Gasteiger partial charge in [-0.1, -0.05) is 17.2 Å². The van der Waals surface area contributed by atoms with Gasteiger partial charge in [0, 0.05) is 29.4 Å². The number of anilines is 1. The molecule has 1 saturated heterocycles. The highest BCUT2D eigenvalue weighted by atomic mass is 16.5. The molecule has 1 aliphatic rings. The van der Waals surface area contributed by atoms with Crippen LogP contribution in [0.3, 0.4) is 0 Å². The molecule has 0 atom stereocenters. The summed E-state index contributed by atoms with van der Waals surface area (Å²) < 4.78 is 5.06. The third-order valence-corrected chi connectivity index (χ3v) is 3.49. The molecular formula is C14H18N4O2. The topological polar surface area (TPSA) is 78.3 Å². The van der Waals surface area contributed by atoms with Gasteiger partial charge in [0.05, 0.1) is 12.5 Å². The van der Waals surface area contributed by atoms with E-state index in [1.807, 2.05) is 19.1 Å². The maximum absolute atomic E-state index is 11.7. The van der Waals surface area contributed by atoms with Crippen LogP contribution in [0.15, 0.2) is 29.4 Å². The Balaban J connectivity index is 1.93. The number of benzene rings is 1. The summed E-state index contributed by atoms with van der Waals surface area (Å²) in [7, 11) is 0. The number of nitrogens with zero attached hydrogens (tertiary/aromatic N) is 4. The van der Waals surface area contributed by atoms with Crippen LogP contribution < -0.4 is 4.90 Å². The van der Waals surface area contributed by atoms with Gasteiger partial charge in [-0.05, 0) is 37.4 Å². The number of esters is 1. The molecule has 1 aromatic carbocycles. The summed E-state index contributed by atoms with van der Waals surface area (Å²) in [6.45, 7) is 3.95. The van der Waals surface area contributed by atoms with E-state index in [0.717, 1.165) is 31.6 Å². The molecular weight excluding hydrogens is 256 g/mol. The molecule has 0 bridgehead atoms. The number of rotatable bonds is 4. The average Bonchev–Trinajstić information content (AvgIpc) is 2.49. The third kappa shape index (κ3) is 3.42. The summed E-state index contributed by atoms with van der Waals surface area (Å²) >= 11 is 0. The summed E-state index contributed by atoms with van der Waals surface area (Å²) in [4.78, 5) is 16.7. The van der Waals surface area contributed by atoms with Crippen LogP contribution in [0.5, 0.6) is 0 Å². The lowest BCUT2D eigenvalue weighted by Crippen LogP contribution is -2.36. The molecule has 1 aromatic rings. The molecule has 0 spiro atoms. The van der Waals surface area contributed by atoms with Crippen LogP contribution in [0.4, 0.5) is 11.4 Å². The number of hydrogen-bond acceptors (Lipinski definition) is 4. The van der Waals surface area contributed by atoms with E-state index in [-0.39, 0.29) is 11.9 Å². The normalized spacial score (nSPS) is 15.6. The quantitative estimate of drug-likeness (QED) is 0.365. The Morgan fingerprint density at radius 1 is 1.40 bits per heavy atom. The molecule has 0 amide bonds. The van der Waals surface area contributed by atoms with Gasteiger partial charge in [0.15, 0.2) is 0 Å². The molecule has 0 N–H and O–H groups in total. The van der Waals surface area contributed by atoms with E-state index in [1.165, 1.54) is 0 Å². The molecule has 0 aliphatic carbocycles. The number of ether oxygens (including phenoxy) is 1. The van der Waals surface area contributed by atoms with Gasteiger partial charge in [0.2, 0.25) is 0 Å². The zero-order valence-corrected chi connectivity index (χ0v) is 11.5. The predicted molar refractivity (Wildman–Crippen MR) is 76.8 cm³/mol. The molecule has 106 valence electrons. The lowest BCUT2D eigenvalue weighted by atomic mass is 9.96. The van der Waals surface area contributed by atoms with Crippen molar-refractivity contribution < 1.29 is 9.53 Å². The first-order valence-corrected chi connectivity index (χ1v) is 6.81. The molecule has 0 saturated carbocycles. The van der Waals surface area contributed by atoms with Crippen molar-refractivity contribution in [2.75, 3.05) is 24.6 Å². The Bertz CT molecular complexity index is 500. The Labute approximate surface area is 118 Å². The van der Waals surface area contributed by atoms with Gasteiger partial charge in [0.25, 0.3) is 0 Å². The van der Waals surface area contributed by atoms with Crippen LogP contribution in [0, 0.1) is 5.92 Å². The molecule has 0 unspecified atom stereocenters. The molecule has 0 radical (unpaired) electrons. The Morgan fingerprint density at radius 2 is 2.05 bits per heavy atom. The van der Waals surface area contributed by atoms with Crippen LogP contribution in [-0.2, 0) is 9.53 Å². The van der Waals surface area contributed by atoms with Gasteiger partial charge in [0.1, 0.15) is 0 Å². The van der Waals surface area contributed by atoms with Gasteiger partial charge >= 0.3 is 5.97 Å². The highest BCUT2D eigenvalue weighted by molar-refractivity contribution is 5.73. The first kappa shape index (κ1) is 14.2. The molecule has 2 rings (SSSR count). The van der Waals surface area contributed by atoms with Crippen molar-refractivity contribution in [3.8, 4) is 0 Å². The minimum atomic E-state index is -0.0779. The number of azide groups is 1. The Morgan fingerprint density at radius 3 is 2.60 bits per heavy atom. The minimum absolute atomic E-state index is 0.0219. The van der Waals surface area contributed by atoms with E-state index in [2.05, 4.69) is 14.9 Å². The molecule has 1 aliphatic heterocycles. The number of carbonyl (C=O) groups is 1. The van der Waals surface area contributed by atoms with Crippen molar-refractivity contribution in [2.24, 2.45) is 11.0 Å². The second-order valence-electron chi connectivity index (χ2n) is 4.72. The average molecular weight is 274 g/mol. The monoisotopic (exact) mass is 274 g/mol. The second kappa shape index (κ2) is 6.82. The lowest BCUT2D eigenvalue weighted by molar-refractivity contribution is -0.148. The van der Waals surface area contributed by atoms with Crippen LogP contribution in [0.1, 0.15) is 19.8 Å². The summed E-state index contributed by atoms with van der Waals surface area (Å²) in [5, 5.41) is 3.55. The summed E-state index contributed by atoms with van der Waals surface area (Å²) in [6.07, 6.45) is 1.63. The van der Waals surface area contributed by atoms with Gasteiger partial charge in [-0.25, -0.2) is 0 Å². The van der Waals surface area contributed by atoms with Gasteiger partial charge in [-0.15, -0.1) is 0 Å². The number of hydrogen-bond donors (Lipinski definition) is 0. The van der Waals surface area contributed by atoms with E-state index >= 15 is 0 Å². The molecule has 6 heteroatoms. The Hall–Kier alpha value is -2.20.